The number of aromatic nitrogens is 2. The molecule has 2 unspecified atom stereocenters. The van der Waals surface area contributed by atoms with Gasteiger partial charge in [0.25, 0.3) is 0 Å². The van der Waals surface area contributed by atoms with Crippen molar-refractivity contribution >= 4 is 34.2 Å². The number of allylic oxidation sites excluding steroid dienone is 4. The average Bonchev–Trinajstić information content (AvgIpc) is 2.82. The van der Waals surface area contributed by atoms with Crippen molar-refractivity contribution in [3.05, 3.63) is 77.1 Å². The van der Waals surface area contributed by atoms with Gasteiger partial charge in [-0.05, 0) is 75.1 Å². The largest absolute Gasteiger partial charge is 0.444 e. The Labute approximate surface area is 224 Å². The quantitative estimate of drug-likeness (QED) is 0.357. The summed E-state index contributed by atoms with van der Waals surface area (Å²) in [6, 6.07) is 12.5. The molecule has 0 radical (unpaired) electrons. The molecule has 2 aliphatic rings. The summed E-state index contributed by atoms with van der Waals surface area (Å²) in [5.74, 6) is 0.765. The molecule has 37 heavy (non-hydrogen) atoms. The van der Waals surface area contributed by atoms with Gasteiger partial charge in [0.1, 0.15) is 10.8 Å². The van der Waals surface area contributed by atoms with Gasteiger partial charge in [-0.3, -0.25) is 0 Å². The molecule has 1 aromatic carbocycles. The van der Waals surface area contributed by atoms with E-state index in [0.717, 1.165) is 52.5 Å². The maximum Gasteiger partial charge on any atom is 0.408 e. The van der Waals surface area contributed by atoms with Gasteiger partial charge in [-0.15, -0.1) is 0 Å². The third-order valence-electron chi connectivity index (χ3n) is 7.63. The van der Waals surface area contributed by atoms with Crippen LogP contribution >= 0.6 is 11.6 Å². The lowest BCUT2D eigenvalue weighted by Gasteiger charge is -2.43. The van der Waals surface area contributed by atoms with Gasteiger partial charge < -0.3 is 10.1 Å². The van der Waals surface area contributed by atoms with Gasteiger partial charge in [0.2, 0.25) is 0 Å². The minimum Gasteiger partial charge on any atom is -0.444 e. The lowest BCUT2D eigenvalue weighted by Crippen LogP contribution is -2.52. The highest BCUT2D eigenvalue weighted by Gasteiger charge is 2.41. The number of rotatable bonds is 4. The molecule has 1 amide bonds. The second-order valence-corrected chi connectivity index (χ2v) is 11.7. The lowest BCUT2D eigenvalue weighted by atomic mass is 9.71. The Balaban J connectivity index is 1.54. The first-order valence-electron chi connectivity index (χ1n) is 13.0. The number of fused-ring (bicyclic) bond motifs is 1. The minimum absolute atomic E-state index is 0.342. The molecular formula is C31H34ClN3O2. The molecule has 3 aromatic rings. The normalized spacial score (nSPS) is 20.8. The van der Waals surface area contributed by atoms with Gasteiger partial charge in [0.15, 0.2) is 0 Å². The molecule has 192 valence electrons. The van der Waals surface area contributed by atoms with Crippen LogP contribution in [0.25, 0.3) is 27.7 Å². The molecule has 1 fully saturated rings. The summed E-state index contributed by atoms with van der Waals surface area (Å²) in [5, 5.41) is 4.46. The smallest absolute Gasteiger partial charge is 0.408 e. The predicted molar refractivity (Wildman–Crippen MR) is 150 cm³/mol. The zero-order valence-electron chi connectivity index (χ0n) is 22.1. The zero-order chi connectivity index (χ0) is 26.4. The van der Waals surface area contributed by atoms with Crippen molar-refractivity contribution in [2.75, 3.05) is 0 Å². The molecule has 2 aromatic heterocycles. The standard InChI is InChI=1S/C31H34ClN3O2/c1-19-8-6-9-23(20(19)2)24-18-25-26(14-17-33-28(25)32)34-27(24)21-10-12-22(13-11-21)31(15-7-16-31)35-29(36)37-30(3,4)5/h6,8-14,17-20H,7,15-16H2,1-5H3,(H,35,36). The maximum atomic E-state index is 12.6. The number of halogens is 1. The molecule has 2 heterocycles. The molecule has 5 rings (SSSR count). The third-order valence-corrected chi connectivity index (χ3v) is 7.93. The van der Waals surface area contributed by atoms with E-state index in [0.29, 0.717) is 17.0 Å². The van der Waals surface area contributed by atoms with E-state index in [4.69, 9.17) is 21.3 Å². The molecule has 1 saturated carbocycles. The molecule has 6 heteroatoms. The Bertz CT molecular complexity index is 1400. The fourth-order valence-electron chi connectivity index (χ4n) is 5.24. The fraction of sp³-hybridized carbons (Fsp3) is 0.387. The molecule has 0 spiro atoms. The SMILES string of the molecule is CC1C=CC=C(c2cc3c(Cl)nccc3nc2-c2ccc(C3(NC(=O)OC(C)(C)C)CCC3)cc2)C1C. The summed E-state index contributed by atoms with van der Waals surface area (Å²) in [5.41, 5.74) is 5.24. The van der Waals surface area contributed by atoms with Crippen LogP contribution in [0.15, 0.2) is 60.8 Å². The topological polar surface area (TPSA) is 64.1 Å². The van der Waals surface area contributed by atoms with Gasteiger partial charge in [-0.1, -0.05) is 67.9 Å². The summed E-state index contributed by atoms with van der Waals surface area (Å²) >= 11 is 6.48. The fourth-order valence-corrected chi connectivity index (χ4v) is 5.44. The number of benzene rings is 1. The van der Waals surface area contributed by atoms with Crippen LogP contribution < -0.4 is 5.32 Å². The van der Waals surface area contributed by atoms with Gasteiger partial charge in [0, 0.05) is 22.7 Å². The Morgan fingerprint density at radius 1 is 1.14 bits per heavy atom. The third kappa shape index (κ3) is 5.02. The first-order valence-corrected chi connectivity index (χ1v) is 13.4. The Hall–Kier alpha value is -3.18. The van der Waals surface area contributed by atoms with Crippen LogP contribution in [0.4, 0.5) is 4.79 Å². The number of nitrogens with one attached hydrogen (secondary N) is 1. The number of ether oxygens (including phenoxy) is 1. The summed E-state index contributed by atoms with van der Waals surface area (Å²) < 4.78 is 5.55. The van der Waals surface area contributed by atoms with Crippen molar-refractivity contribution in [3.8, 4) is 11.3 Å². The molecule has 0 bridgehead atoms. The van der Waals surface area contributed by atoms with Crippen LogP contribution in [-0.4, -0.2) is 21.7 Å². The number of hydrogen-bond donors (Lipinski definition) is 1. The van der Waals surface area contributed by atoms with E-state index >= 15 is 0 Å². The van der Waals surface area contributed by atoms with E-state index in [1.54, 1.807) is 6.20 Å². The zero-order valence-corrected chi connectivity index (χ0v) is 22.9. The van der Waals surface area contributed by atoms with Crippen LogP contribution in [-0.2, 0) is 10.3 Å². The van der Waals surface area contributed by atoms with Crippen molar-refractivity contribution in [1.29, 1.82) is 0 Å². The van der Waals surface area contributed by atoms with Crippen LogP contribution in [0.5, 0.6) is 0 Å². The minimum atomic E-state index is -0.535. The van der Waals surface area contributed by atoms with Crippen LogP contribution in [0, 0.1) is 11.8 Å². The summed E-state index contributed by atoms with van der Waals surface area (Å²) in [6.45, 7) is 10.1. The predicted octanol–water partition coefficient (Wildman–Crippen LogP) is 8.08. The van der Waals surface area contributed by atoms with Crippen molar-refractivity contribution in [1.82, 2.24) is 15.3 Å². The van der Waals surface area contributed by atoms with E-state index in [2.05, 4.69) is 72.7 Å². The van der Waals surface area contributed by atoms with Crippen LogP contribution in [0.2, 0.25) is 5.15 Å². The number of carbonyl (C=O) groups is 1. The molecular weight excluding hydrogens is 482 g/mol. The monoisotopic (exact) mass is 515 g/mol. The van der Waals surface area contributed by atoms with Crippen molar-refractivity contribution in [3.63, 3.8) is 0 Å². The highest BCUT2D eigenvalue weighted by Crippen LogP contribution is 2.43. The molecule has 2 aliphatic carbocycles. The highest BCUT2D eigenvalue weighted by atomic mass is 35.5. The van der Waals surface area contributed by atoms with Crippen molar-refractivity contribution in [2.45, 2.75) is 65.0 Å². The van der Waals surface area contributed by atoms with Gasteiger partial charge in [0.05, 0.1) is 16.7 Å². The molecule has 2 atom stereocenters. The maximum absolute atomic E-state index is 12.6. The highest BCUT2D eigenvalue weighted by molar-refractivity contribution is 6.34. The molecule has 0 aliphatic heterocycles. The second kappa shape index (κ2) is 9.60. The number of hydrogen-bond acceptors (Lipinski definition) is 4. The van der Waals surface area contributed by atoms with Gasteiger partial charge in [-0.2, -0.15) is 0 Å². The van der Waals surface area contributed by atoms with Crippen LogP contribution in [0.1, 0.15) is 65.0 Å². The summed E-state index contributed by atoms with van der Waals surface area (Å²) in [6.07, 6.45) is 10.7. The first kappa shape index (κ1) is 25.5. The average molecular weight is 516 g/mol. The van der Waals surface area contributed by atoms with E-state index in [9.17, 15) is 4.79 Å². The Kier molecular flexibility index (Phi) is 6.61. The van der Waals surface area contributed by atoms with Crippen molar-refractivity contribution < 1.29 is 9.53 Å². The number of amides is 1. The number of carbonyl (C=O) groups excluding carboxylic acids is 1. The van der Waals surface area contributed by atoms with Crippen LogP contribution in [0.3, 0.4) is 0 Å². The van der Waals surface area contributed by atoms with E-state index in [1.807, 2.05) is 26.8 Å². The second-order valence-electron chi connectivity index (χ2n) is 11.3. The number of alkyl carbamates (subject to hydrolysis) is 1. The summed E-state index contributed by atoms with van der Waals surface area (Å²) in [4.78, 5) is 21.9. The van der Waals surface area contributed by atoms with Gasteiger partial charge >= 0.3 is 6.09 Å². The van der Waals surface area contributed by atoms with Crippen molar-refractivity contribution in [2.24, 2.45) is 11.8 Å². The molecule has 0 saturated heterocycles. The molecule has 1 N–H and O–H groups in total. The Morgan fingerprint density at radius 3 is 2.51 bits per heavy atom. The summed E-state index contributed by atoms with van der Waals surface area (Å²) in [7, 11) is 0. The Morgan fingerprint density at radius 2 is 1.86 bits per heavy atom. The van der Waals surface area contributed by atoms with E-state index in [-0.39, 0.29) is 11.6 Å². The van der Waals surface area contributed by atoms with E-state index < -0.39 is 5.60 Å². The molecule has 5 nitrogen and oxygen atoms in total. The van der Waals surface area contributed by atoms with E-state index in [1.165, 1.54) is 5.57 Å². The van der Waals surface area contributed by atoms with Gasteiger partial charge in [-0.25, -0.2) is 14.8 Å². The number of pyridine rings is 2. The first-order chi connectivity index (χ1) is 17.6. The lowest BCUT2D eigenvalue weighted by molar-refractivity contribution is 0.0377. The number of nitrogens with zero attached hydrogens (tertiary/aromatic N) is 2.